The van der Waals surface area contributed by atoms with Crippen molar-refractivity contribution in [1.29, 1.82) is 0 Å². The van der Waals surface area contributed by atoms with Crippen LogP contribution in [0.25, 0.3) is 0 Å². The fourth-order valence-corrected chi connectivity index (χ4v) is 3.68. The second-order valence-electron chi connectivity index (χ2n) is 5.42. The summed E-state index contributed by atoms with van der Waals surface area (Å²) < 4.78 is 32.4. The Labute approximate surface area is 148 Å². The number of ether oxygens (including phenoxy) is 1. The summed E-state index contributed by atoms with van der Waals surface area (Å²) in [4.78, 5) is 0. The fourth-order valence-electron chi connectivity index (χ4n) is 2.36. The molecule has 0 heterocycles. The molecule has 0 bridgehead atoms. The summed E-state index contributed by atoms with van der Waals surface area (Å²) in [6, 6.07) is 14.7. The average molecular weight is 368 g/mol. The van der Waals surface area contributed by atoms with Crippen LogP contribution in [0.5, 0.6) is 5.75 Å². The average Bonchev–Trinajstić information content (AvgIpc) is 2.55. The van der Waals surface area contributed by atoms with Gasteiger partial charge in [-0.25, -0.2) is 13.1 Å². The van der Waals surface area contributed by atoms with Crippen LogP contribution in [0.1, 0.15) is 24.5 Å². The standard InChI is InChI=1S/C18H22ClNO3S/c1-2-23-18-8-4-3-6-16(18)7-5-13-20-24(21,22)14-15-9-11-17(19)12-10-15/h3-4,6,8-12,20H,2,5,7,13-14H2,1H3. The fraction of sp³-hybridized carbons (Fsp3) is 0.333. The molecule has 0 saturated heterocycles. The molecular weight excluding hydrogens is 346 g/mol. The van der Waals surface area contributed by atoms with Crippen LogP contribution in [0.15, 0.2) is 48.5 Å². The van der Waals surface area contributed by atoms with E-state index in [-0.39, 0.29) is 5.75 Å². The zero-order valence-corrected chi connectivity index (χ0v) is 15.2. The van der Waals surface area contributed by atoms with Crippen LogP contribution < -0.4 is 9.46 Å². The van der Waals surface area contributed by atoms with E-state index in [0.29, 0.717) is 30.2 Å². The second-order valence-corrected chi connectivity index (χ2v) is 7.67. The van der Waals surface area contributed by atoms with Crippen molar-refractivity contribution >= 4 is 21.6 Å². The van der Waals surface area contributed by atoms with Gasteiger partial charge in [0.2, 0.25) is 10.0 Å². The molecule has 0 aliphatic carbocycles. The molecular formula is C18H22ClNO3S. The van der Waals surface area contributed by atoms with E-state index < -0.39 is 10.0 Å². The summed E-state index contributed by atoms with van der Waals surface area (Å²) in [5.41, 5.74) is 1.81. The molecule has 0 spiro atoms. The molecule has 4 nitrogen and oxygen atoms in total. The first-order valence-electron chi connectivity index (χ1n) is 7.92. The highest BCUT2D eigenvalue weighted by molar-refractivity contribution is 7.88. The highest BCUT2D eigenvalue weighted by Gasteiger charge is 2.11. The summed E-state index contributed by atoms with van der Waals surface area (Å²) in [7, 11) is -3.35. The highest BCUT2D eigenvalue weighted by Crippen LogP contribution is 2.19. The summed E-state index contributed by atoms with van der Waals surface area (Å²) in [6.07, 6.45) is 1.48. The van der Waals surface area contributed by atoms with Gasteiger partial charge in [0.25, 0.3) is 0 Å². The third kappa shape index (κ3) is 6.15. The van der Waals surface area contributed by atoms with Gasteiger partial charge in [0.05, 0.1) is 12.4 Å². The molecule has 0 saturated carbocycles. The minimum absolute atomic E-state index is 0.0420. The summed E-state index contributed by atoms with van der Waals surface area (Å²) >= 11 is 5.80. The topological polar surface area (TPSA) is 55.4 Å². The molecule has 0 aromatic heterocycles. The van der Waals surface area contributed by atoms with E-state index in [1.54, 1.807) is 24.3 Å². The molecule has 0 atom stereocenters. The Bertz CT molecular complexity index is 745. The normalized spacial score (nSPS) is 11.4. The maximum Gasteiger partial charge on any atom is 0.215 e. The van der Waals surface area contributed by atoms with E-state index in [9.17, 15) is 8.42 Å². The molecule has 2 aromatic rings. The van der Waals surface area contributed by atoms with E-state index in [0.717, 1.165) is 17.7 Å². The smallest absolute Gasteiger partial charge is 0.215 e. The minimum Gasteiger partial charge on any atom is -0.494 e. The van der Waals surface area contributed by atoms with Gasteiger partial charge in [0.15, 0.2) is 0 Å². The van der Waals surface area contributed by atoms with E-state index in [1.165, 1.54) is 0 Å². The van der Waals surface area contributed by atoms with E-state index in [2.05, 4.69) is 4.72 Å². The predicted octanol–water partition coefficient (Wildman–Crippen LogP) is 3.79. The number of hydrogen-bond donors (Lipinski definition) is 1. The summed E-state index contributed by atoms with van der Waals surface area (Å²) in [6.45, 7) is 2.96. The van der Waals surface area contributed by atoms with Crippen LogP contribution >= 0.6 is 11.6 Å². The first kappa shape index (κ1) is 18.8. The van der Waals surface area contributed by atoms with Crippen LogP contribution in [0, 0.1) is 0 Å². The quantitative estimate of drug-likeness (QED) is 0.686. The molecule has 0 radical (unpaired) electrons. The number of aryl methyl sites for hydroxylation is 1. The molecule has 24 heavy (non-hydrogen) atoms. The van der Waals surface area contributed by atoms with Crippen molar-refractivity contribution < 1.29 is 13.2 Å². The molecule has 0 fully saturated rings. The van der Waals surface area contributed by atoms with Crippen molar-refractivity contribution in [3.63, 3.8) is 0 Å². The molecule has 2 aromatic carbocycles. The molecule has 0 amide bonds. The molecule has 130 valence electrons. The number of sulfonamides is 1. The lowest BCUT2D eigenvalue weighted by atomic mass is 10.1. The molecule has 1 N–H and O–H groups in total. The maximum absolute atomic E-state index is 12.1. The minimum atomic E-state index is -3.35. The summed E-state index contributed by atoms with van der Waals surface area (Å²) in [5, 5.41) is 0.595. The largest absolute Gasteiger partial charge is 0.494 e. The Hall–Kier alpha value is -1.56. The van der Waals surface area contributed by atoms with Gasteiger partial charge >= 0.3 is 0 Å². The number of halogens is 1. The van der Waals surface area contributed by atoms with Gasteiger partial charge < -0.3 is 4.74 Å². The first-order chi connectivity index (χ1) is 11.5. The molecule has 0 unspecified atom stereocenters. The van der Waals surface area contributed by atoms with Crippen LogP contribution in [0.3, 0.4) is 0 Å². The van der Waals surface area contributed by atoms with E-state index in [4.69, 9.17) is 16.3 Å². The second kappa shape index (κ2) is 9.06. The Balaban J connectivity index is 1.82. The Morgan fingerprint density at radius 2 is 1.79 bits per heavy atom. The zero-order valence-electron chi connectivity index (χ0n) is 13.7. The van der Waals surface area contributed by atoms with Gasteiger partial charge in [-0.1, -0.05) is 41.9 Å². The van der Waals surface area contributed by atoms with Gasteiger partial charge in [-0.05, 0) is 49.1 Å². The number of para-hydroxylation sites is 1. The van der Waals surface area contributed by atoms with Gasteiger partial charge in [0, 0.05) is 11.6 Å². The summed E-state index contributed by atoms with van der Waals surface area (Å²) in [5.74, 6) is 0.823. The van der Waals surface area contributed by atoms with Crippen molar-refractivity contribution in [1.82, 2.24) is 4.72 Å². The van der Waals surface area contributed by atoms with E-state index in [1.807, 2.05) is 31.2 Å². The van der Waals surface area contributed by atoms with Crippen LogP contribution in [-0.4, -0.2) is 21.6 Å². The number of benzene rings is 2. The third-order valence-corrected chi connectivity index (χ3v) is 5.10. The Morgan fingerprint density at radius 1 is 1.08 bits per heavy atom. The zero-order chi connectivity index (χ0) is 17.4. The van der Waals surface area contributed by atoms with Crippen molar-refractivity contribution in [2.45, 2.75) is 25.5 Å². The lowest BCUT2D eigenvalue weighted by Gasteiger charge is -2.10. The third-order valence-electron chi connectivity index (χ3n) is 3.49. The maximum atomic E-state index is 12.1. The van der Waals surface area contributed by atoms with Crippen molar-refractivity contribution in [3.05, 3.63) is 64.7 Å². The molecule has 0 aliphatic heterocycles. The Morgan fingerprint density at radius 3 is 2.50 bits per heavy atom. The van der Waals surface area contributed by atoms with Gasteiger partial charge in [0.1, 0.15) is 5.75 Å². The van der Waals surface area contributed by atoms with E-state index >= 15 is 0 Å². The van der Waals surface area contributed by atoms with Crippen LogP contribution in [-0.2, 0) is 22.2 Å². The molecule has 2 rings (SSSR count). The number of rotatable bonds is 9. The number of hydrogen-bond acceptors (Lipinski definition) is 3. The van der Waals surface area contributed by atoms with Crippen molar-refractivity contribution in [2.24, 2.45) is 0 Å². The highest BCUT2D eigenvalue weighted by atomic mass is 35.5. The lowest BCUT2D eigenvalue weighted by Crippen LogP contribution is -2.26. The van der Waals surface area contributed by atoms with Crippen LogP contribution in [0.2, 0.25) is 5.02 Å². The van der Waals surface area contributed by atoms with Gasteiger partial charge in [-0.15, -0.1) is 0 Å². The predicted molar refractivity (Wildman–Crippen MR) is 98.0 cm³/mol. The lowest BCUT2D eigenvalue weighted by molar-refractivity contribution is 0.336. The molecule has 0 aliphatic rings. The Kier molecular flexibility index (Phi) is 7.09. The first-order valence-corrected chi connectivity index (χ1v) is 9.95. The number of nitrogens with one attached hydrogen (secondary N) is 1. The van der Waals surface area contributed by atoms with Crippen molar-refractivity contribution in [3.8, 4) is 5.75 Å². The monoisotopic (exact) mass is 367 g/mol. The van der Waals surface area contributed by atoms with Gasteiger partial charge in [-0.3, -0.25) is 0 Å². The SMILES string of the molecule is CCOc1ccccc1CCCNS(=O)(=O)Cc1ccc(Cl)cc1. The van der Waals surface area contributed by atoms with Crippen LogP contribution in [0.4, 0.5) is 0 Å². The van der Waals surface area contributed by atoms with Crippen molar-refractivity contribution in [2.75, 3.05) is 13.2 Å². The molecule has 6 heteroatoms. The van der Waals surface area contributed by atoms with Gasteiger partial charge in [-0.2, -0.15) is 0 Å².